The topological polar surface area (TPSA) is 79.8 Å². The highest BCUT2D eigenvalue weighted by molar-refractivity contribution is 7.99. The number of aromatic amines is 1. The summed E-state index contributed by atoms with van der Waals surface area (Å²) in [7, 11) is 0. The smallest absolute Gasteiger partial charge is 0.283 e. The number of hydrogen-bond donors (Lipinski definition) is 2. The minimum absolute atomic E-state index is 0.0781. The largest absolute Gasteiger partial charge is 0.355 e. The van der Waals surface area contributed by atoms with Gasteiger partial charge in [-0.3, -0.25) is 14.2 Å². The molecule has 8 heteroatoms. The zero-order valence-electron chi connectivity index (χ0n) is 15.7. The summed E-state index contributed by atoms with van der Waals surface area (Å²) in [5.74, 6) is -0.622. The van der Waals surface area contributed by atoms with Crippen LogP contribution in [0.15, 0.2) is 58.5 Å². The van der Waals surface area contributed by atoms with Crippen molar-refractivity contribution in [1.29, 1.82) is 0 Å². The molecule has 0 saturated heterocycles. The van der Waals surface area contributed by atoms with Crippen LogP contribution in [-0.4, -0.2) is 32.7 Å². The number of hydrogen-bond acceptors (Lipinski definition) is 4. The number of carbonyl (C=O) groups excluding carboxylic acids is 1. The Morgan fingerprint density at radius 2 is 1.97 bits per heavy atom. The van der Waals surface area contributed by atoms with Gasteiger partial charge in [-0.25, -0.2) is 9.37 Å². The van der Waals surface area contributed by atoms with Crippen LogP contribution in [0.1, 0.15) is 13.3 Å². The average Bonchev–Trinajstić information content (AvgIpc) is 3.11. The summed E-state index contributed by atoms with van der Waals surface area (Å²) in [6, 6.07) is 13.5. The fourth-order valence-electron chi connectivity index (χ4n) is 3.13. The summed E-state index contributed by atoms with van der Waals surface area (Å²) in [6.07, 6.45) is 0.829. The van der Waals surface area contributed by atoms with Gasteiger partial charge < -0.3 is 10.3 Å². The predicted molar refractivity (Wildman–Crippen MR) is 113 cm³/mol. The number of benzene rings is 2. The number of nitrogens with one attached hydrogen (secondary N) is 2. The summed E-state index contributed by atoms with van der Waals surface area (Å²) in [5, 5.41) is 3.87. The molecule has 4 rings (SSSR count). The molecule has 2 heterocycles. The number of rotatable bonds is 6. The van der Waals surface area contributed by atoms with Gasteiger partial charge in [-0.05, 0) is 24.6 Å². The highest BCUT2D eigenvalue weighted by atomic mass is 32.2. The molecule has 2 aromatic carbocycles. The van der Waals surface area contributed by atoms with Crippen molar-refractivity contribution in [2.24, 2.45) is 0 Å². The summed E-state index contributed by atoms with van der Waals surface area (Å²) in [4.78, 5) is 33.1. The van der Waals surface area contributed by atoms with E-state index in [1.165, 1.54) is 16.7 Å². The highest BCUT2D eigenvalue weighted by Crippen LogP contribution is 2.26. The van der Waals surface area contributed by atoms with Crippen LogP contribution < -0.4 is 10.9 Å². The quantitative estimate of drug-likeness (QED) is 0.376. The van der Waals surface area contributed by atoms with Crippen molar-refractivity contribution >= 4 is 39.6 Å². The third kappa shape index (κ3) is 3.63. The van der Waals surface area contributed by atoms with E-state index in [2.05, 4.69) is 15.3 Å². The Kier molecular flexibility index (Phi) is 5.35. The van der Waals surface area contributed by atoms with Crippen LogP contribution in [0.25, 0.3) is 27.6 Å². The van der Waals surface area contributed by atoms with Gasteiger partial charge in [0.1, 0.15) is 16.9 Å². The molecule has 0 saturated carbocycles. The second-order valence-electron chi connectivity index (χ2n) is 6.52. The lowest BCUT2D eigenvalue weighted by Crippen LogP contribution is -2.27. The Hall–Kier alpha value is -3.13. The van der Waals surface area contributed by atoms with E-state index in [9.17, 15) is 14.0 Å². The van der Waals surface area contributed by atoms with Crippen molar-refractivity contribution in [1.82, 2.24) is 19.9 Å². The maximum absolute atomic E-state index is 14.5. The molecule has 29 heavy (non-hydrogen) atoms. The molecule has 0 atom stereocenters. The van der Waals surface area contributed by atoms with E-state index < -0.39 is 11.4 Å². The number of H-pyrrole nitrogens is 1. The van der Waals surface area contributed by atoms with E-state index in [1.54, 1.807) is 12.1 Å². The molecule has 0 aliphatic rings. The van der Waals surface area contributed by atoms with Gasteiger partial charge in [-0.2, -0.15) is 0 Å². The zero-order chi connectivity index (χ0) is 20.4. The van der Waals surface area contributed by atoms with Crippen molar-refractivity contribution < 1.29 is 9.18 Å². The fourth-order valence-corrected chi connectivity index (χ4v) is 3.96. The van der Waals surface area contributed by atoms with Gasteiger partial charge in [0, 0.05) is 17.4 Å². The van der Waals surface area contributed by atoms with Gasteiger partial charge in [0.05, 0.1) is 11.4 Å². The first-order chi connectivity index (χ1) is 14.1. The molecule has 4 aromatic rings. The summed E-state index contributed by atoms with van der Waals surface area (Å²) < 4.78 is 15.7. The molecular weight excluding hydrogens is 391 g/mol. The van der Waals surface area contributed by atoms with Gasteiger partial charge >= 0.3 is 0 Å². The van der Waals surface area contributed by atoms with Crippen molar-refractivity contribution in [3.05, 3.63) is 64.7 Å². The van der Waals surface area contributed by atoms with Crippen molar-refractivity contribution in [2.75, 3.05) is 12.3 Å². The minimum atomic E-state index is -0.538. The summed E-state index contributed by atoms with van der Waals surface area (Å²) >= 11 is 1.11. The SMILES string of the molecule is CCCNC(=O)CSc1nc2c([nH]c3ccccc32)c(=O)n1-c1ccccc1F. The van der Waals surface area contributed by atoms with Crippen LogP contribution in [0.2, 0.25) is 0 Å². The Bertz CT molecular complexity index is 1260. The van der Waals surface area contributed by atoms with Crippen LogP contribution in [-0.2, 0) is 4.79 Å². The first-order valence-corrected chi connectivity index (χ1v) is 10.3. The molecule has 2 aromatic heterocycles. The number of fused-ring (bicyclic) bond motifs is 3. The van der Waals surface area contributed by atoms with Crippen molar-refractivity contribution in [3.63, 3.8) is 0 Å². The van der Waals surface area contributed by atoms with Crippen LogP contribution in [0.3, 0.4) is 0 Å². The number of para-hydroxylation sites is 2. The van der Waals surface area contributed by atoms with E-state index in [0.717, 1.165) is 29.1 Å². The molecule has 0 fully saturated rings. The number of nitrogens with zero attached hydrogens (tertiary/aromatic N) is 2. The Morgan fingerprint density at radius 3 is 2.76 bits per heavy atom. The average molecular weight is 410 g/mol. The normalized spacial score (nSPS) is 11.2. The summed E-state index contributed by atoms with van der Waals surface area (Å²) in [5.41, 5.74) is 1.27. The fraction of sp³-hybridized carbons (Fsp3) is 0.190. The lowest BCUT2D eigenvalue weighted by Gasteiger charge is -2.12. The molecule has 2 N–H and O–H groups in total. The lowest BCUT2D eigenvalue weighted by molar-refractivity contribution is -0.118. The van der Waals surface area contributed by atoms with E-state index in [-0.39, 0.29) is 22.5 Å². The number of thioether (sulfide) groups is 1. The van der Waals surface area contributed by atoms with Gasteiger partial charge in [0.25, 0.3) is 5.56 Å². The third-order valence-corrected chi connectivity index (χ3v) is 5.43. The van der Waals surface area contributed by atoms with E-state index >= 15 is 0 Å². The Labute approximate surface area is 170 Å². The molecule has 0 aliphatic heterocycles. The molecule has 0 spiro atoms. The standard InChI is InChI=1S/C21H19FN4O2S/c1-2-11-23-17(27)12-29-21-25-18-13-7-3-5-9-15(13)24-19(18)20(28)26(21)16-10-6-4-8-14(16)22/h3-10,24H,2,11-12H2,1H3,(H,23,27). The van der Waals surface area contributed by atoms with Gasteiger partial charge in [0.15, 0.2) is 5.16 Å². The van der Waals surface area contributed by atoms with E-state index in [0.29, 0.717) is 17.6 Å². The molecule has 1 amide bonds. The van der Waals surface area contributed by atoms with E-state index in [4.69, 9.17) is 0 Å². The first kappa shape index (κ1) is 19.2. The van der Waals surface area contributed by atoms with Gasteiger partial charge in [-0.15, -0.1) is 0 Å². The number of aromatic nitrogens is 3. The maximum Gasteiger partial charge on any atom is 0.283 e. The first-order valence-electron chi connectivity index (χ1n) is 9.28. The number of amides is 1. The van der Waals surface area contributed by atoms with E-state index in [1.807, 2.05) is 31.2 Å². The van der Waals surface area contributed by atoms with Crippen LogP contribution in [0, 0.1) is 5.82 Å². The third-order valence-electron chi connectivity index (χ3n) is 4.49. The monoisotopic (exact) mass is 410 g/mol. The molecule has 0 unspecified atom stereocenters. The second kappa shape index (κ2) is 8.08. The molecule has 0 aliphatic carbocycles. The molecule has 148 valence electrons. The molecule has 6 nitrogen and oxygen atoms in total. The maximum atomic E-state index is 14.5. The van der Waals surface area contributed by atoms with Crippen LogP contribution >= 0.6 is 11.8 Å². The Morgan fingerprint density at radius 1 is 1.21 bits per heavy atom. The van der Waals surface area contributed by atoms with Crippen molar-refractivity contribution in [2.45, 2.75) is 18.5 Å². The molecular formula is C21H19FN4O2S. The summed E-state index contributed by atoms with van der Waals surface area (Å²) in [6.45, 7) is 2.55. The minimum Gasteiger partial charge on any atom is -0.355 e. The Balaban J connectivity index is 1.89. The van der Waals surface area contributed by atoms with Gasteiger partial charge in [-0.1, -0.05) is 49.0 Å². The van der Waals surface area contributed by atoms with Gasteiger partial charge in [0.2, 0.25) is 5.91 Å². The predicted octanol–water partition coefficient (Wildman–Crippen LogP) is 3.62. The molecule has 0 radical (unpaired) electrons. The molecule has 0 bridgehead atoms. The van der Waals surface area contributed by atoms with Crippen LogP contribution in [0.5, 0.6) is 0 Å². The lowest BCUT2D eigenvalue weighted by atomic mass is 10.2. The number of carbonyl (C=O) groups is 1. The van der Waals surface area contributed by atoms with Crippen molar-refractivity contribution in [3.8, 4) is 5.69 Å². The second-order valence-corrected chi connectivity index (χ2v) is 7.46. The highest BCUT2D eigenvalue weighted by Gasteiger charge is 2.19. The zero-order valence-corrected chi connectivity index (χ0v) is 16.6. The number of halogens is 1. The van der Waals surface area contributed by atoms with Crippen LogP contribution in [0.4, 0.5) is 4.39 Å².